The van der Waals surface area contributed by atoms with Crippen molar-refractivity contribution >= 4 is 11.6 Å². The lowest BCUT2D eigenvalue weighted by Gasteiger charge is -2.36. The predicted molar refractivity (Wildman–Crippen MR) is 97.4 cm³/mol. The normalized spacial score (nSPS) is 16.8. The summed E-state index contributed by atoms with van der Waals surface area (Å²) in [6.07, 6.45) is -4.71. The molecule has 4 nitrogen and oxygen atoms in total. The number of methoxy groups -OCH3 is 1. The van der Waals surface area contributed by atoms with Crippen LogP contribution in [0.5, 0.6) is 11.5 Å². The van der Waals surface area contributed by atoms with Crippen LogP contribution >= 0.6 is 11.6 Å². The monoisotopic (exact) mass is 400 g/mol. The first kappa shape index (κ1) is 19.8. The molecular formula is C19H20ClF3N2O2. The van der Waals surface area contributed by atoms with E-state index in [1.807, 2.05) is 6.07 Å². The number of rotatable bonds is 5. The molecule has 0 saturated carbocycles. The van der Waals surface area contributed by atoms with E-state index in [0.29, 0.717) is 10.8 Å². The zero-order valence-electron chi connectivity index (χ0n) is 14.7. The number of hydrogen-bond donors (Lipinski definition) is 1. The van der Waals surface area contributed by atoms with E-state index < -0.39 is 6.36 Å². The summed E-state index contributed by atoms with van der Waals surface area (Å²) in [4.78, 5) is 2.25. The van der Waals surface area contributed by atoms with E-state index in [4.69, 9.17) is 16.3 Å². The first-order valence-electron chi connectivity index (χ1n) is 8.51. The van der Waals surface area contributed by atoms with Crippen LogP contribution in [0.25, 0.3) is 0 Å². The van der Waals surface area contributed by atoms with Gasteiger partial charge in [0.05, 0.1) is 13.2 Å². The van der Waals surface area contributed by atoms with E-state index >= 15 is 0 Å². The van der Waals surface area contributed by atoms with E-state index in [1.54, 1.807) is 31.4 Å². The average molecular weight is 401 g/mol. The first-order valence-corrected chi connectivity index (χ1v) is 8.89. The van der Waals surface area contributed by atoms with Gasteiger partial charge in [0.2, 0.25) is 0 Å². The molecule has 1 heterocycles. The highest BCUT2D eigenvalue weighted by atomic mass is 35.5. The van der Waals surface area contributed by atoms with E-state index in [0.717, 1.165) is 37.3 Å². The Bertz CT molecular complexity index is 763. The molecule has 0 amide bonds. The average Bonchev–Trinajstić information content (AvgIpc) is 2.63. The summed E-state index contributed by atoms with van der Waals surface area (Å²) in [5, 5.41) is 3.88. The lowest BCUT2D eigenvalue weighted by atomic mass is 9.95. The summed E-state index contributed by atoms with van der Waals surface area (Å²) in [6.45, 7) is 3.24. The molecule has 2 aromatic carbocycles. The SMILES string of the molecule is COc1ccc(Cl)cc1[C@@H](c1ccc(OC(F)(F)F)cc1)N1CCNCC1. The Balaban J connectivity index is 1.99. The molecule has 0 spiro atoms. The number of piperazine rings is 1. The van der Waals surface area contributed by atoms with Crippen molar-refractivity contribution in [1.29, 1.82) is 0 Å². The molecule has 0 unspecified atom stereocenters. The van der Waals surface area contributed by atoms with Crippen LogP contribution in [0.1, 0.15) is 17.2 Å². The summed E-state index contributed by atoms with van der Waals surface area (Å²) in [5.41, 5.74) is 1.71. The van der Waals surface area contributed by atoms with Crippen LogP contribution in [-0.2, 0) is 0 Å². The van der Waals surface area contributed by atoms with Crippen molar-refractivity contribution in [2.75, 3.05) is 33.3 Å². The Kier molecular flexibility index (Phi) is 6.14. The maximum Gasteiger partial charge on any atom is 0.573 e. The summed E-state index contributed by atoms with van der Waals surface area (Å²) >= 11 is 6.21. The van der Waals surface area contributed by atoms with Crippen LogP contribution in [0.2, 0.25) is 5.02 Å². The lowest BCUT2D eigenvalue weighted by molar-refractivity contribution is -0.274. The number of alkyl halides is 3. The fraction of sp³-hybridized carbons (Fsp3) is 0.368. The number of hydrogen-bond acceptors (Lipinski definition) is 4. The topological polar surface area (TPSA) is 33.7 Å². The second-order valence-electron chi connectivity index (χ2n) is 6.19. The number of benzene rings is 2. The summed E-state index contributed by atoms with van der Waals surface area (Å²) in [6, 6.07) is 11.1. The van der Waals surface area contributed by atoms with Gasteiger partial charge in [0.25, 0.3) is 0 Å². The molecule has 0 aliphatic carbocycles. The first-order chi connectivity index (χ1) is 12.9. The molecule has 0 radical (unpaired) electrons. The van der Waals surface area contributed by atoms with Crippen LogP contribution in [0.3, 0.4) is 0 Å². The van der Waals surface area contributed by atoms with Crippen molar-refractivity contribution in [1.82, 2.24) is 10.2 Å². The lowest BCUT2D eigenvalue weighted by Crippen LogP contribution is -2.45. The molecule has 0 aromatic heterocycles. The molecule has 8 heteroatoms. The molecule has 146 valence electrons. The van der Waals surface area contributed by atoms with Gasteiger partial charge in [-0.3, -0.25) is 4.90 Å². The Morgan fingerprint density at radius 1 is 1.07 bits per heavy atom. The summed E-state index contributed by atoms with van der Waals surface area (Å²) < 4.78 is 46.8. The molecule has 0 bridgehead atoms. The Morgan fingerprint density at radius 3 is 2.33 bits per heavy atom. The number of halogens is 4. The van der Waals surface area contributed by atoms with Gasteiger partial charge in [-0.2, -0.15) is 0 Å². The van der Waals surface area contributed by atoms with Gasteiger partial charge in [0.15, 0.2) is 0 Å². The number of ether oxygens (including phenoxy) is 2. The minimum atomic E-state index is -4.71. The van der Waals surface area contributed by atoms with Crippen molar-refractivity contribution in [2.45, 2.75) is 12.4 Å². The summed E-state index contributed by atoms with van der Waals surface area (Å²) in [7, 11) is 1.59. The van der Waals surface area contributed by atoms with Crippen LogP contribution in [0.4, 0.5) is 13.2 Å². The van der Waals surface area contributed by atoms with Crippen LogP contribution in [0.15, 0.2) is 42.5 Å². The second kappa shape index (κ2) is 8.37. The van der Waals surface area contributed by atoms with Crippen molar-refractivity contribution in [3.63, 3.8) is 0 Å². The van der Waals surface area contributed by atoms with Gasteiger partial charge in [0.1, 0.15) is 11.5 Å². The molecule has 27 heavy (non-hydrogen) atoms. The molecule has 1 atom stereocenters. The van der Waals surface area contributed by atoms with Gasteiger partial charge in [-0.15, -0.1) is 13.2 Å². The van der Waals surface area contributed by atoms with E-state index in [9.17, 15) is 13.2 Å². The third-order valence-electron chi connectivity index (χ3n) is 4.43. The highest BCUT2D eigenvalue weighted by Crippen LogP contribution is 2.37. The minimum Gasteiger partial charge on any atom is -0.496 e. The highest BCUT2D eigenvalue weighted by molar-refractivity contribution is 6.30. The van der Waals surface area contributed by atoms with Crippen molar-refractivity contribution in [2.24, 2.45) is 0 Å². The largest absolute Gasteiger partial charge is 0.573 e. The molecule has 2 aromatic rings. The molecule has 1 N–H and O–H groups in total. The third-order valence-corrected chi connectivity index (χ3v) is 4.67. The quantitative estimate of drug-likeness (QED) is 0.814. The minimum absolute atomic E-state index is 0.194. The predicted octanol–water partition coefficient (Wildman–Crippen LogP) is 4.24. The van der Waals surface area contributed by atoms with E-state index in [2.05, 4.69) is 15.0 Å². The summed E-state index contributed by atoms with van der Waals surface area (Å²) in [5.74, 6) is 0.432. The zero-order valence-corrected chi connectivity index (χ0v) is 15.5. The van der Waals surface area contributed by atoms with Crippen molar-refractivity contribution in [3.05, 3.63) is 58.6 Å². The fourth-order valence-electron chi connectivity index (χ4n) is 3.30. The third kappa shape index (κ3) is 5.06. The molecule has 1 aliphatic rings. The van der Waals surface area contributed by atoms with E-state index in [-0.39, 0.29) is 11.8 Å². The highest BCUT2D eigenvalue weighted by Gasteiger charge is 2.31. The van der Waals surface area contributed by atoms with Crippen molar-refractivity contribution in [3.8, 4) is 11.5 Å². The maximum absolute atomic E-state index is 12.4. The molecule has 1 saturated heterocycles. The Morgan fingerprint density at radius 2 is 1.74 bits per heavy atom. The van der Waals surface area contributed by atoms with Crippen LogP contribution in [0, 0.1) is 0 Å². The van der Waals surface area contributed by atoms with Gasteiger partial charge < -0.3 is 14.8 Å². The number of nitrogens with one attached hydrogen (secondary N) is 1. The Hall–Kier alpha value is -1.96. The van der Waals surface area contributed by atoms with Crippen LogP contribution in [-0.4, -0.2) is 44.6 Å². The molecule has 1 aliphatic heterocycles. The second-order valence-corrected chi connectivity index (χ2v) is 6.63. The Labute approximate surface area is 160 Å². The number of nitrogens with zero attached hydrogens (tertiary/aromatic N) is 1. The fourth-order valence-corrected chi connectivity index (χ4v) is 3.48. The van der Waals surface area contributed by atoms with Gasteiger partial charge in [0, 0.05) is 36.8 Å². The standard InChI is InChI=1S/C19H20ClF3N2O2/c1-26-17-7-4-14(20)12-16(17)18(25-10-8-24-9-11-25)13-2-5-15(6-3-13)27-19(21,22)23/h2-7,12,18,24H,8-11H2,1H3/t18-/m1/s1. The van der Waals surface area contributed by atoms with Crippen LogP contribution < -0.4 is 14.8 Å². The molecular weight excluding hydrogens is 381 g/mol. The van der Waals surface area contributed by atoms with Gasteiger partial charge >= 0.3 is 6.36 Å². The maximum atomic E-state index is 12.4. The smallest absolute Gasteiger partial charge is 0.496 e. The molecule has 3 rings (SSSR count). The zero-order chi connectivity index (χ0) is 19.4. The van der Waals surface area contributed by atoms with Gasteiger partial charge in [-0.05, 0) is 35.9 Å². The van der Waals surface area contributed by atoms with Crippen molar-refractivity contribution < 1.29 is 22.6 Å². The van der Waals surface area contributed by atoms with Gasteiger partial charge in [-0.1, -0.05) is 23.7 Å². The van der Waals surface area contributed by atoms with E-state index in [1.165, 1.54) is 12.1 Å². The van der Waals surface area contributed by atoms with Gasteiger partial charge in [-0.25, -0.2) is 0 Å². The molecule has 1 fully saturated rings.